The monoisotopic (exact) mass is 802 g/mol. The molecule has 11 atom stereocenters. The van der Waals surface area contributed by atoms with Crippen LogP contribution in [0.25, 0.3) is 0 Å². The predicted molar refractivity (Wildman–Crippen MR) is 184 cm³/mol. The SMILES string of the molecule is CC(=O)OC[C@H]1O[C@@H](O[C@@]23C[C@H]4[C@@]5(OS(=O)(=O)c6ccc(C)cc6)C[C@]2(C)O[C@H](O5)[C@]43COC(=O)c2ccccc2)[C@H](OC(C)=O)[C@@H](OC(C)=O)[C@@H]1OC(C)=O. The molecule has 9 rings (SSSR count). The smallest absolute Gasteiger partial charge is 0.338 e. The van der Waals surface area contributed by atoms with Crippen molar-refractivity contribution in [1.82, 2.24) is 0 Å². The zero-order chi connectivity index (χ0) is 40.4. The maximum atomic E-state index is 13.8. The third-order valence-corrected chi connectivity index (χ3v) is 12.6. The minimum absolute atomic E-state index is 0.000818. The average Bonchev–Trinajstić information content (AvgIpc) is 3.31. The van der Waals surface area contributed by atoms with Crippen molar-refractivity contribution in [2.24, 2.45) is 11.3 Å². The first-order chi connectivity index (χ1) is 26.4. The summed E-state index contributed by atoms with van der Waals surface area (Å²) in [6.07, 6.45) is -8.95. The Kier molecular flexibility index (Phi) is 10.1. The van der Waals surface area contributed by atoms with Crippen LogP contribution in [0, 0.1) is 18.3 Å². The Morgan fingerprint density at radius 2 is 1.41 bits per heavy atom. The standard InChI is InChI=1S/C38H42O17S/c1-20-12-14-26(15-13-20)56(44,45)55-37-18-35(6)38(16-28(37)36(38,34(53-35)54-37)19-47-32(43)25-10-8-7-9-11-25)52-33-31(50-24(5)42)30(49-23(4)41)29(48-22(3)40)27(51-33)17-46-21(2)39/h7-15,27-31,33-34H,16-19H2,1-6H3/t27-,28-,29-,30+,31-,33+,34-,35+,36+,37+,38+/m1/s1. The Hall–Kier alpha value is -4.46. The molecule has 18 heteroatoms. The van der Waals surface area contributed by atoms with Gasteiger partial charge in [0, 0.05) is 40.0 Å². The highest BCUT2D eigenvalue weighted by molar-refractivity contribution is 7.86. The van der Waals surface area contributed by atoms with Gasteiger partial charge in [-0.1, -0.05) is 35.9 Å². The van der Waals surface area contributed by atoms with E-state index in [2.05, 4.69) is 0 Å². The van der Waals surface area contributed by atoms with Crippen molar-refractivity contribution in [3.63, 3.8) is 0 Å². The lowest BCUT2D eigenvalue weighted by Gasteiger charge is -2.68. The summed E-state index contributed by atoms with van der Waals surface area (Å²) >= 11 is 0. The van der Waals surface area contributed by atoms with Crippen molar-refractivity contribution in [2.45, 2.75) is 113 Å². The molecule has 0 amide bonds. The number of hydrogen-bond donors (Lipinski definition) is 0. The van der Waals surface area contributed by atoms with Gasteiger partial charge in [0.1, 0.15) is 30.5 Å². The van der Waals surface area contributed by atoms with E-state index < -0.39 is 118 Å². The summed E-state index contributed by atoms with van der Waals surface area (Å²) in [6, 6.07) is 14.3. The van der Waals surface area contributed by atoms with E-state index in [9.17, 15) is 32.4 Å². The maximum Gasteiger partial charge on any atom is 0.338 e. The summed E-state index contributed by atoms with van der Waals surface area (Å²) in [4.78, 5) is 62.7. The van der Waals surface area contributed by atoms with Crippen molar-refractivity contribution in [2.75, 3.05) is 13.2 Å². The molecule has 4 heterocycles. The van der Waals surface area contributed by atoms with Gasteiger partial charge in [-0.25, -0.2) is 8.98 Å². The molecule has 0 aromatic heterocycles. The van der Waals surface area contributed by atoms with E-state index in [1.807, 2.05) is 6.92 Å². The van der Waals surface area contributed by atoms with Crippen LogP contribution in [0.5, 0.6) is 0 Å². The van der Waals surface area contributed by atoms with Gasteiger partial charge in [0.05, 0.1) is 15.9 Å². The molecule has 0 N–H and O–H groups in total. The van der Waals surface area contributed by atoms with Crippen LogP contribution in [0.2, 0.25) is 0 Å². The molecular weight excluding hydrogens is 760 g/mol. The Bertz CT molecular complexity index is 2020. The second-order valence-electron chi connectivity index (χ2n) is 14.9. The number of rotatable bonds is 13. The molecule has 0 spiro atoms. The quantitative estimate of drug-likeness (QED) is 0.162. The third-order valence-electron chi connectivity index (χ3n) is 11.2. The number of aryl methyl sites for hydroxylation is 1. The molecule has 2 aromatic carbocycles. The minimum Gasteiger partial charge on any atom is -0.463 e. The third kappa shape index (κ3) is 6.45. The van der Waals surface area contributed by atoms with E-state index in [0.29, 0.717) is 0 Å². The fourth-order valence-electron chi connectivity index (χ4n) is 9.01. The van der Waals surface area contributed by atoms with Crippen LogP contribution in [0.15, 0.2) is 59.5 Å². The van der Waals surface area contributed by atoms with Gasteiger partial charge in [-0.3, -0.25) is 19.2 Å². The summed E-state index contributed by atoms with van der Waals surface area (Å²) in [5, 5.41) is 0. The van der Waals surface area contributed by atoms with Crippen LogP contribution in [-0.2, 0) is 76.1 Å². The van der Waals surface area contributed by atoms with Crippen molar-refractivity contribution in [3.8, 4) is 0 Å². The van der Waals surface area contributed by atoms with Gasteiger partial charge in [-0.2, -0.15) is 8.42 Å². The number of hydrogen-bond acceptors (Lipinski definition) is 17. The minimum atomic E-state index is -4.43. The summed E-state index contributed by atoms with van der Waals surface area (Å²) in [5.41, 5.74) is -3.35. The highest BCUT2D eigenvalue weighted by Gasteiger charge is 2.95. The Morgan fingerprint density at radius 1 is 0.786 bits per heavy atom. The molecular formula is C38H42O17S. The van der Waals surface area contributed by atoms with Gasteiger partial charge in [0.2, 0.25) is 0 Å². The lowest BCUT2D eigenvalue weighted by atomic mass is 9.41. The van der Waals surface area contributed by atoms with Gasteiger partial charge in [-0.15, -0.1) is 0 Å². The second-order valence-corrected chi connectivity index (χ2v) is 16.4. The number of benzene rings is 2. The Balaban J connectivity index is 1.29. The van der Waals surface area contributed by atoms with Crippen LogP contribution in [0.4, 0.5) is 0 Å². The first-order valence-corrected chi connectivity index (χ1v) is 19.3. The van der Waals surface area contributed by atoms with Crippen molar-refractivity contribution in [1.29, 1.82) is 0 Å². The number of carbonyl (C=O) groups excluding carboxylic acids is 5. The highest BCUT2D eigenvalue weighted by Crippen LogP contribution is 2.82. The number of carbonyl (C=O) groups is 5. The largest absolute Gasteiger partial charge is 0.463 e. The van der Waals surface area contributed by atoms with Gasteiger partial charge >= 0.3 is 29.8 Å². The maximum absolute atomic E-state index is 13.8. The van der Waals surface area contributed by atoms with E-state index in [1.165, 1.54) is 12.1 Å². The normalized spacial score (nSPS) is 36.2. The molecule has 56 heavy (non-hydrogen) atoms. The zero-order valence-corrected chi connectivity index (χ0v) is 32.2. The van der Waals surface area contributed by atoms with E-state index in [1.54, 1.807) is 49.4 Å². The van der Waals surface area contributed by atoms with Crippen molar-refractivity contribution < 1.29 is 79.2 Å². The summed E-state index contributed by atoms with van der Waals surface area (Å²) < 4.78 is 87.8. The van der Waals surface area contributed by atoms with E-state index in [0.717, 1.165) is 33.3 Å². The van der Waals surface area contributed by atoms with E-state index in [-0.39, 0.29) is 23.3 Å². The van der Waals surface area contributed by atoms with Crippen LogP contribution in [-0.4, -0.2) is 105 Å². The molecule has 7 fully saturated rings. The van der Waals surface area contributed by atoms with Crippen LogP contribution >= 0.6 is 0 Å². The van der Waals surface area contributed by atoms with Crippen LogP contribution in [0.3, 0.4) is 0 Å². The first-order valence-electron chi connectivity index (χ1n) is 17.9. The van der Waals surface area contributed by atoms with Gasteiger partial charge < -0.3 is 42.6 Å². The van der Waals surface area contributed by atoms with Crippen molar-refractivity contribution >= 4 is 40.0 Å². The molecule has 7 aliphatic rings. The molecule has 6 bridgehead atoms. The first kappa shape index (κ1) is 39.8. The topological polar surface area (TPSA) is 212 Å². The molecule has 302 valence electrons. The molecule has 17 nitrogen and oxygen atoms in total. The van der Waals surface area contributed by atoms with Gasteiger partial charge in [0.15, 0.2) is 36.7 Å². The molecule has 0 unspecified atom stereocenters. The molecule has 4 saturated heterocycles. The highest BCUT2D eigenvalue weighted by atomic mass is 32.2. The summed E-state index contributed by atoms with van der Waals surface area (Å²) in [5.74, 6) is -6.48. The fraction of sp³-hybridized carbons (Fsp3) is 0.553. The molecule has 0 radical (unpaired) electrons. The van der Waals surface area contributed by atoms with Gasteiger partial charge in [0.25, 0.3) is 10.1 Å². The molecule has 3 aliphatic carbocycles. The Labute approximate surface area is 322 Å². The lowest BCUT2D eigenvalue weighted by molar-refractivity contribution is -0.418. The van der Waals surface area contributed by atoms with Crippen LogP contribution < -0.4 is 0 Å². The van der Waals surface area contributed by atoms with Gasteiger partial charge in [-0.05, 0) is 44.5 Å². The number of esters is 5. The number of ether oxygens (including phenoxy) is 9. The van der Waals surface area contributed by atoms with Crippen LogP contribution in [0.1, 0.15) is 63.4 Å². The predicted octanol–water partition coefficient (Wildman–Crippen LogP) is 2.65. The van der Waals surface area contributed by atoms with E-state index in [4.69, 9.17) is 46.8 Å². The van der Waals surface area contributed by atoms with Crippen molar-refractivity contribution in [3.05, 3.63) is 65.7 Å². The fourth-order valence-corrected chi connectivity index (χ4v) is 10.2. The van der Waals surface area contributed by atoms with E-state index >= 15 is 0 Å². The molecule has 2 aromatic rings. The summed E-state index contributed by atoms with van der Waals surface area (Å²) in [7, 11) is -4.43. The lowest BCUT2D eigenvalue weighted by Crippen LogP contribution is -2.81. The molecule has 4 aliphatic heterocycles. The summed E-state index contributed by atoms with van der Waals surface area (Å²) in [6.45, 7) is 7.02. The molecule has 3 saturated carbocycles. The average molecular weight is 803 g/mol. The zero-order valence-electron chi connectivity index (χ0n) is 31.4. The Morgan fingerprint density at radius 3 is 2.04 bits per heavy atom. The second kappa shape index (κ2) is 14.2.